The number of nitrogens with zero attached hydrogens (tertiary/aromatic N) is 2. The first-order chi connectivity index (χ1) is 5.86. The Hall–Kier alpha value is -1.22. The van der Waals surface area contributed by atoms with Crippen molar-refractivity contribution in [1.29, 1.82) is 0 Å². The van der Waals surface area contributed by atoms with Gasteiger partial charge in [-0.2, -0.15) is 0 Å². The molecule has 0 aliphatic rings. The molecule has 0 unspecified atom stereocenters. The lowest BCUT2D eigenvalue weighted by Crippen LogP contribution is -1.78. The molecule has 59 valence electrons. The number of thiazole rings is 1. The molecule has 3 heteroatoms. The van der Waals surface area contributed by atoms with Gasteiger partial charge < -0.3 is 0 Å². The van der Waals surface area contributed by atoms with Gasteiger partial charge in [-0.15, -0.1) is 11.3 Å². The summed E-state index contributed by atoms with van der Waals surface area (Å²) in [6.07, 6.45) is 3.55. The van der Waals surface area contributed by atoms with Crippen LogP contribution in [0.4, 0.5) is 0 Å². The highest BCUT2D eigenvalue weighted by atomic mass is 32.1. The molecule has 0 atom stereocenters. The van der Waals surface area contributed by atoms with Crippen molar-refractivity contribution >= 4 is 11.3 Å². The van der Waals surface area contributed by atoms with Crippen LogP contribution in [-0.2, 0) is 0 Å². The van der Waals surface area contributed by atoms with Gasteiger partial charge in [0.1, 0.15) is 0 Å². The van der Waals surface area contributed by atoms with E-state index in [0.717, 1.165) is 16.3 Å². The second-order valence-corrected chi connectivity index (χ2v) is 3.31. The van der Waals surface area contributed by atoms with Gasteiger partial charge in [-0.25, -0.2) is 4.98 Å². The van der Waals surface area contributed by atoms with Gasteiger partial charge in [0.15, 0.2) is 0 Å². The standard InChI is InChI=1S/C9H7N2S/c1-7-11-9(6-12-7)8-3-2-4-10-5-8/h2-6H,1H2. The van der Waals surface area contributed by atoms with E-state index in [9.17, 15) is 0 Å². The van der Waals surface area contributed by atoms with Gasteiger partial charge in [-0.3, -0.25) is 4.98 Å². The van der Waals surface area contributed by atoms with Crippen molar-refractivity contribution in [3.8, 4) is 11.3 Å². The lowest BCUT2D eigenvalue weighted by Gasteiger charge is -1.92. The first kappa shape index (κ1) is 7.43. The van der Waals surface area contributed by atoms with Crippen LogP contribution in [0.5, 0.6) is 0 Å². The minimum absolute atomic E-state index is 0.842. The number of pyridine rings is 1. The summed E-state index contributed by atoms with van der Waals surface area (Å²) in [4.78, 5) is 8.26. The van der Waals surface area contributed by atoms with Crippen molar-refractivity contribution < 1.29 is 0 Å². The van der Waals surface area contributed by atoms with Crippen molar-refractivity contribution in [3.05, 3.63) is 41.8 Å². The average Bonchev–Trinajstić information content (AvgIpc) is 2.54. The molecule has 2 rings (SSSR count). The third kappa shape index (κ3) is 1.36. The van der Waals surface area contributed by atoms with Crippen molar-refractivity contribution in [3.63, 3.8) is 0 Å². The lowest BCUT2D eigenvalue weighted by molar-refractivity contribution is 1.29. The van der Waals surface area contributed by atoms with E-state index in [4.69, 9.17) is 0 Å². The van der Waals surface area contributed by atoms with Gasteiger partial charge in [-0.1, -0.05) is 0 Å². The normalized spacial score (nSPS) is 10.1. The summed E-state index contributed by atoms with van der Waals surface area (Å²) >= 11 is 1.55. The molecule has 0 aromatic carbocycles. The van der Waals surface area contributed by atoms with Crippen molar-refractivity contribution in [2.24, 2.45) is 0 Å². The van der Waals surface area contributed by atoms with E-state index in [1.807, 2.05) is 17.5 Å². The molecule has 0 N–H and O–H groups in total. The molecule has 2 nitrogen and oxygen atoms in total. The van der Waals surface area contributed by atoms with E-state index in [1.165, 1.54) is 0 Å². The Morgan fingerprint density at radius 1 is 1.42 bits per heavy atom. The summed E-state index contributed by atoms with van der Waals surface area (Å²) in [6.45, 7) is 3.75. The molecule has 0 fully saturated rings. The van der Waals surface area contributed by atoms with Gasteiger partial charge in [0.25, 0.3) is 0 Å². The van der Waals surface area contributed by atoms with Gasteiger partial charge >= 0.3 is 0 Å². The fourth-order valence-corrected chi connectivity index (χ4v) is 1.55. The van der Waals surface area contributed by atoms with Gasteiger partial charge in [0.05, 0.1) is 10.7 Å². The van der Waals surface area contributed by atoms with E-state index in [2.05, 4.69) is 16.9 Å². The topological polar surface area (TPSA) is 25.8 Å². The zero-order valence-electron chi connectivity index (χ0n) is 6.40. The largest absolute Gasteiger partial charge is 0.264 e. The summed E-state index contributed by atoms with van der Waals surface area (Å²) in [5.74, 6) is 0. The summed E-state index contributed by atoms with van der Waals surface area (Å²) in [6, 6.07) is 3.89. The predicted octanol–water partition coefficient (Wildman–Crippen LogP) is 2.39. The molecule has 0 amide bonds. The molecule has 0 spiro atoms. The zero-order valence-corrected chi connectivity index (χ0v) is 7.21. The minimum Gasteiger partial charge on any atom is -0.264 e. The Kier molecular flexibility index (Phi) is 1.87. The first-order valence-corrected chi connectivity index (χ1v) is 4.42. The molecule has 0 aliphatic heterocycles. The highest BCUT2D eigenvalue weighted by Gasteiger charge is 1.99. The maximum Gasteiger partial charge on any atom is 0.0936 e. The molecule has 1 radical (unpaired) electrons. The quantitative estimate of drug-likeness (QED) is 0.665. The Balaban J connectivity index is 2.45. The fourth-order valence-electron chi connectivity index (χ4n) is 0.958. The summed E-state index contributed by atoms with van der Waals surface area (Å²) in [5.41, 5.74) is 2.00. The van der Waals surface area contributed by atoms with E-state index < -0.39 is 0 Å². The molecule has 12 heavy (non-hydrogen) atoms. The minimum atomic E-state index is 0.842. The van der Waals surface area contributed by atoms with Crippen LogP contribution in [0.15, 0.2) is 29.9 Å². The van der Waals surface area contributed by atoms with Crippen LogP contribution in [0.2, 0.25) is 0 Å². The summed E-state index contributed by atoms with van der Waals surface area (Å²) < 4.78 is 0. The maximum atomic E-state index is 4.25. The van der Waals surface area contributed by atoms with Crippen LogP contribution >= 0.6 is 11.3 Å². The summed E-state index contributed by atoms with van der Waals surface area (Å²) in [7, 11) is 0. The monoisotopic (exact) mass is 175 g/mol. The third-order valence-electron chi connectivity index (χ3n) is 1.51. The lowest BCUT2D eigenvalue weighted by atomic mass is 10.2. The van der Waals surface area contributed by atoms with Crippen LogP contribution in [-0.4, -0.2) is 9.97 Å². The van der Waals surface area contributed by atoms with E-state index in [1.54, 1.807) is 23.7 Å². The fraction of sp³-hybridized carbons (Fsp3) is 0. The number of rotatable bonds is 1. The Morgan fingerprint density at radius 2 is 2.33 bits per heavy atom. The second-order valence-electron chi connectivity index (χ2n) is 2.37. The van der Waals surface area contributed by atoms with Crippen molar-refractivity contribution in [2.45, 2.75) is 0 Å². The van der Waals surface area contributed by atoms with Crippen molar-refractivity contribution in [1.82, 2.24) is 9.97 Å². The number of aromatic nitrogens is 2. The molecular formula is C9H7N2S. The van der Waals surface area contributed by atoms with Crippen molar-refractivity contribution in [2.75, 3.05) is 0 Å². The van der Waals surface area contributed by atoms with Crippen LogP contribution in [0, 0.1) is 6.92 Å². The van der Waals surface area contributed by atoms with Crippen LogP contribution in [0.25, 0.3) is 11.3 Å². The van der Waals surface area contributed by atoms with E-state index in [-0.39, 0.29) is 0 Å². The van der Waals surface area contributed by atoms with Crippen LogP contribution in [0.3, 0.4) is 0 Å². The zero-order chi connectivity index (χ0) is 8.39. The highest BCUT2D eigenvalue weighted by molar-refractivity contribution is 7.10. The SMILES string of the molecule is [CH2]c1nc(-c2cccnc2)cs1. The first-order valence-electron chi connectivity index (χ1n) is 3.54. The molecule has 2 aromatic rings. The van der Waals surface area contributed by atoms with E-state index in [0.29, 0.717) is 0 Å². The molecule has 2 heterocycles. The third-order valence-corrected chi connectivity index (χ3v) is 2.21. The number of hydrogen-bond acceptors (Lipinski definition) is 3. The van der Waals surface area contributed by atoms with Gasteiger partial charge in [0.2, 0.25) is 0 Å². The maximum absolute atomic E-state index is 4.25. The Bertz CT molecular complexity index is 367. The van der Waals surface area contributed by atoms with Gasteiger partial charge in [-0.05, 0) is 12.1 Å². The molecule has 0 aliphatic carbocycles. The highest BCUT2D eigenvalue weighted by Crippen LogP contribution is 2.19. The Labute approximate surface area is 74.9 Å². The predicted molar refractivity (Wildman–Crippen MR) is 49.8 cm³/mol. The molecule has 0 bridgehead atoms. The molecular weight excluding hydrogens is 168 g/mol. The molecule has 0 saturated carbocycles. The molecule has 2 aromatic heterocycles. The van der Waals surface area contributed by atoms with Crippen LogP contribution < -0.4 is 0 Å². The second kappa shape index (κ2) is 3.03. The number of hydrogen-bond donors (Lipinski definition) is 0. The Morgan fingerprint density at radius 3 is 2.92 bits per heavy atom. The average molecular weight is 175 g/mol. The van der Waals surface area contributed by atoms with Crippen LogP contribution in [0.1, 0.15) is 5.01 Å². The van der Waals surface area contributed by atoms with E-state index >= 15 is 0 Å². The summed E-state index contributed by atoms with van der Waals surface area (Å²) in [5, 5.41) is 2.83. The van der Waals surface area contributed by atoms with Gasteiger partial charge in [0, 0.05) is 30.3 Å². The molecule has 0 saturated heterocycles. The smallest absolute Gasteiger partial charge is 0.0936 e.